The van der Waals surface area contributed by atoms with Gasteiger partial charge in [-0.3, -0.25) is 4.98 Å². The number of ether oxygens (including phenoxy) is 3. The molecule has 3 aromatic rings. The molecule has 1 N–H and O–H groups in total. The summed E-state index contributed by atoms with van der Waals surface area (Å²) in [6.07, 6.45) is -0.596. The molecule has 0 fully saturated rings. The van der Waals surface area contributed by atoms with Crippen molar-refractivity contribution in [1.29, 1.82) is 0 Å². The lowest BCUT2D eigenvalue weighted by Gasteiger charge is -2.32. The van der Waals surface area contributed by atoms with Crippen molar-refractivity contribution in [2.24, 2.45) is 0 Å². The lowest BCUT2D eigenvalue weighted by molar-refractivity contribution is -0.152. The number of hydrogen-bond donors (Lipinski definition) is 1. The molecular weight excluding hydrogens is 460 g/mol. The number of hydrogen-bond acceptors (Lipinski definition) is 7. The maximum Gasteiger partial charge on any atom is 0.408 e. The van der Waals surface area contributed by atoms with Gasteiger partial charge in [-0.1, -0.05) is 30.3 Å². The molecule has 1 heterocycles. The molecule has 3 rings (SSSR count). The molecule has 1 aromatic heterocycles. The summed E-state index contributed by atoms with van der Waals surface area (Å²) in [7, 11) is 0. The van der Waals surface area contributed by atoms with Crippen molar-refractivity contribution in [3.05, 3.63) is 71.4 Å². The number of benzene rings is 2. The predicted octanol–water partition coefficient (Wildman–Crippen LogP) is 4.99. The highest BCUT2D eigenvalue weighted by atomic mass is 16.6. The average molecular weight is 493 g/mol. The minimum atomic E-state index is -1.74. The standard InChI is InChI=1S/C28H32N2O6/c1-6-34-25(32)28(15-16-31,30-26(33)36-27(3,4)5)21-11-13-22(14-12-21)35-18-20-17-19(2)29-24-10-8-7-9-23(20)24/h7-14,16-17H,6,15,18H2,1-5H3,(H,30,33)/t28-/m1/s1. The first-order valence-electron chi connectivity index (χ1n) is 11.8. The zero-order valence-electron chi connectivity index (χ0n) is 21.3. The van der Waals surface area contributed by atoms with Gasteiger partial charge in [-0.15, -0.1) is 0 Å². The van der Waals surface area contributed by atoms with Crippen LogP contribution < -0.4 is 10.1 Å². The Hall–Kier alpha value is -3.94. The van der Waals surface area contributed by atoms with Crippen LogP contribution in [0.3, 0.4) is 0 Å². The van der Waals surface area contributed by atoms with E-state index in [1.165, 1.54) is 0 Å². The molecule has 36 heavy (non-hydrogen) atoms. The van der Waals surface area contributed by atoms with Gasteiger partial charge >= 0.3 is 12.1 Å². The van der Waals surface area contributed by atoms with E-state index in [2.05, 4.69) is 10.3 Å². The molecule has 8 heteroatoms. The number of alkyl carbamates (subject to hydrolysis) is 1. The number of aryl methyl sites for hydroxylation is 1. The van der Waals surface area contributed by atoms with E-state index in [0.717, 1.165) is 22.2 Å². The summed E-state index contributed by atoms with van der Waals surface area (Å²) in [6.45, 7) is 9.10. The molecule has 0 aliphatic heterocycles. The molecular formula is C28H32N2O6. The van der Waals surface area contributed by atoms with Gasteiger partial charge in [0, 0.05) is 23.1 Å². The van der Waals surface area contributed by atoms with Crippen LogP contribution in [0, 0.1) is 6.92 Å². The maximum absolute atomic E-state index is 13.0. The second kappa shape index (κ2) is 11.2. The largest absolute Gasteiger partial charge is 0.489 e. The lowest BCUT2D eigenvalue weighted by Crippen LogP contribution is -2.54. The molecule has 1 atom stereocenters. The zero-order valence-corrected chi connectivity index (χ0v) is 21.3. The first-order valence-corrected chi connectivity index (χ1v) is 11.8. The van der Waals surface area contributed by atoms with Crippen LogP contribution in [0.15, 0.2) is 54.6 Å². The van der Waals surface area contributed by atoms with Crippen LogP contribution in [0.1, 0.15) is 50.9 Å². The van der Waals surface area contributed by atoms with Crippen LogP contribution >= 0.6 is 0 Å². The highest BCUT2D eigenvalue weighted by Crippen LogP contribution is 2.29. The molecule has 190 valence electrons. The van der Waals surface area contributed by atoms with Crippen molar-refractivity contribution in [1.82, 2.24) is 10.3 Å². The summed E-state index contributed by atoms with van der Waals surface area (Å²) in [4.78, 5) is 41.8. The molecule has 0 saturated heterocycles. The molecule has 2 aromatic carbocycles. The fourth-order valence-corrected chi connectivity index (χ4v) is 3.86. The lowest BCUT2D eigenvalue weighted by atomic mass is 9.87. The summed E-state index contributed by atoms with van der Waals surface area (Å²) in [5, 5.41) is 3.59. The van der Waals surface area contributed by atoms with E-state index in [9.17, 15) is 14.4 Å². The van der Waals surface area contributed by atoms with Gasteiger partial charge < -0.3 is 24.3 Å². The van der Waals surface area contributed by atoms with Crippen molar-refractivity contribution in [2.75, 3.05) is 6.61 Å². The molecule has 0 bridgehead atoms. The summed E-state index contributed by atoms with van der Waals surface area (Å²) in [6, 6.07) is 16.5. The van der Waals surface area contributed by atoms with Crippen LogP contribution in [0.2, 0.25) is 0 Å². The van der Waals surface area contributed by atoms with Gasteiger partial charge in [0.1, 0.15) is 24.2 Å². The molecule has 0 radical (unpaired) electrons. The molecule has 1 amide bonds. The predicted molar refractivity (Wildman–Crippen MR) is 136 cm³/mol. The van der Waals surface area contributed by atoms with E-state index in [-0.39, 0.29) is 13.0 Å². The van der Waals surface area contributed by atoms with Gasteiger partial charge in [0.25, 0.3) is 0 Å². The minimum Gasteiger partial charge on any atom is -0.489 e. The minimum absolute atomic E-state index is 0.0793. The number of nitrogens with one attached hydrogen (secondary N) is 1. The Morgan fingerprint density at radius 2 is 1.75 bits per heavy atom. The van der Waals surface area contributed by atoms with Gasteiger partial charge in [0.15, 0.2) is 5.54 Å². The van der Waals surface area contributed by atoms with Gasteiger partial charge in [0.05, 0.1) is 12.1 Å². The number of amides is 1. The SMILES string of the molecule is CCOC(=O)[C@](CC=O)(NC(=O)OC(C)(C)C)c1ccc(OCc2cc(C)nc3ccccc23)cc1. The number of rotatable bonds is 9. The van der Waals surface area contributed by atoms with Crippen molar-refractivity contribution in [2.45, 2.75) is 58.8 Å². The third-order valence-corrected chi connectivity index (χ3v) is 5.40. The molecule has 0 aliphatic rings. The van der Waals surface area contributed by atoms with Crippen LogP contribution in [0.25, 0.3) is 10.9 Å². The summed E-state index contributed by atoms with van der Waals surface area (Å²) in [5.41, 5.74) is 0.624. The number of carbonyl (C=O) groups excluding carboxylic acids is 3. The fourth-order valence-electron chi connectivity index (χ4n) is 3.86. The molecule has 0 spiro atoms. The quantitative estimate of drug-likeness (QED) is 0.331. The fraction of sp³-hybridized carbons (Fsp3) is 0.357. The van der Waals surface area contributed by atoms with E-state index >= 15 is 0 Å². The molecule has 0 aliphatic carbocycles. The number of nitrogens with zero attached hydrogens (tertiary/aromatic N) is 1. The highest BCUT2D eigenvalue weighted by molar-refractivity contribution is 5.89. The average Bonchev–Trinajstić information content (AvgIpc) is 2.81. The second-order valence-electron chi connectivity index (χ2n) is 9.38. The topological polar surface area (TPSA) is 104 Å². The van der Waals surface area contributed by atoms with Crippen LogP contribution in [-0.4, -0.2) is 35.5 Å². The van der Waals surface area contributed by atoms with E-state index < -0.39 is 23.2 Å². The second-order valence-corrected chi connectivity index (χ2v) is 9.38. The number of pyridine rings is 1. The third kappa shape index (κ3) is 6.38. The Balaban J connectivity index is 1.87. The van der Waals surface area contributed by atoms with Crippen molar-refractivity contribution in [3.8, 4) is 5.75 Å². The van der Waals surface area contributed by atoms with Crippen LogP contribution in [0.4, 0.5) is 4.79 Å². The van der Waals surface area contributed by atoms with E-state index in [4.69, 9.17) is 14.2 Å². The number of aromatic nitrogens is 1. The van der Waals surface area contributed by atoms with Gasteiger partial charge in [0.2, 0.25) is 0 Å². The van der Waals surface area contributed by atoms with Crippen molar-refractivity contribution >= 4 is 29.3 Å². The molecule has 8 nitrogen and oxygen atoms in total. The van der Waals surface area contributed by atoms with E-state index in [1.54, 1.807) is 52.0 Å². The Morgan fingerprint density at radius 3 is 2.39 bits per heavy atom. The number of carbonyl (C=O) groups is 3. The number of esters is 1. The summed E-state index contributed by atoms with van der Waals surface area (Å²) in [5.74, 6) is -0.200. The Bertz CT molecular complexity index is 1230. The van der Waals surface area contributed by atoms with Crippen molar-refractivity contribution in [3.63, 3.8) is 0 Å². The third-order valence-electron chi connectivity index (χ3n) is 5.40. The Kier molecular flexibility index (Phi) is 8.29. The zero-order chi connectivity index (χ0) is 26.3. The van der Waals surface area contributed by atoms with Gasteiger partial charge in [-0.25, -0.2) is 9.59 Å². The maximum atomic E-state index is 13.0. The van der Waals surface area contributed by atoms with Gasteiger partial charge in [-0.2, -0.15) is 0 Å². The molecule has 0 unspecified atom stereocenters. The Labute approximate surface area is 211 Å². The van der Waals surface area contributed by atoms with Crippen LogP contribution in [-0.2, 0) is 31.2 Å². The number of para-hydroxylation sites is 1. The number of aldehydes is 1. The highest BCUT2D eigenvalue weighted by Gasteiger charge is 2.44. The number of fused-ring (bicyclic) bond motifs is 1. The van der Waals surface area contributed by atoms with E-state index in [0.29, 0.717) is 24.2 Å². The van der Waals surface area contributed by atoms with Crippen molar-refractivity contribution < 1.29 is 28.6 Å². The monoisotopic (exact) mass is 492 g/mol. The first kappa shape index (κ1) is 26.7. The summed E-state index contributed by atoms with van der Waals surface area (Å²) < 4.78 is 16.6. The normalized spacial score (nSPS) is 12.9. The van der Waals surface area contributed by atoms with Crippen LogP contribution in [0.5, 0.6) is 5.75 Å². The van der Waals surface area contributed by atoms with E-state index in [1.807, 2.05) is 37.3 Å². The first-order chi connectivity index (χ1) is 17.1. The summed E-state index contributed by atoms with van der Waals surface area (Å²) >= 11 is 0. The molecule has 0 saturated carbocycles. The smallest absolute Gasteiger partial charge is 0.408 e. The van der Waals surface area contributed by atoms with Gasteiger partial charge in [-0.05, 0) is 64.4 Å². The Morgan fingerprint density at radius 1 is 1.06 bits per heavy atom.